The molecule has 0 radical (unpaired) electrons. The van der Waals surface area contributed by atoms with Gasteiger partial charge in [0.15, 0.2) is 5.11 Å². The molecule has 10 heteroatoms. The second-order valence-corrected chi connectivity index (χ2v) is 6.65. The zero-order valence-corrected chi connectivity index (χ0v) is 16.8. The Balaban J connectivity index is 2.10. The van der Waals surface area contributed by atoms with Gasteiger partial charge in [0.25, 0.3) is 11.6 Å². The van der Waals surface area contributed by atoms with Gasteiger partial charge >= 0.3 is 0 Å². The van der Waals surface area contributed by atoms with E-state index in [4.69, 9.17) is 17.0 Å². The second-order valence-electron chi connectivity index (χ2n) is 6.24. The summed E-state index contributed by atoms with van der Waals surface area (Å²) in [4.78, 5) is 34.6. The average molecular weight is 416 g/mol. The van der Waals surface area contributed by atoms with Gasteiger partial charge in [-0.25, -0.2) is 0 Å². The number of benzene rings is 2. The molecule has 0 atom stereocenters. The molecule has 2 aromatic rings. The maximum atomic E-state index is 12.3. The maximum absolute atomic E-state index is 12.3. The molecule has 0 aliphatic carbocycles. The van der Waals surface area contributed by atoms with Crippen molar-refractivity contribution in [1.82, 2.24) is 5.32 Å². The molecule has 0 saturated carbocycles. The first-order valence-corrected chi connectivity index (χ1v) is 8.98. The van der Waals surface area contributed by atoms with Crippen LogP contribution < -0.4 is 20.7 Å². The van der Waals surface area contributed by atoms with Gasteiger partial charge in [-0.3, -0.25) is 25.0 Å². The maximum Gasteiger partial charge on any atom is 0.282 e. The van der Waals surface area contributed by atoms with E-state index in [-0.39, 0.29) is 28.2 Å². The predicted molar refractivity (Wildman–Crippen MR) is 113 cm³/mol. The lowest BCUT2D eigenvalue weighted by atomic mass is 10.1. The Morgan fingerprint density at radius 1 is 1.14 bits per heavy atom. The number of carbonyl (C=O) groups is 2. The molecular formula is C19H20N4O5S. The van der Waals surface area contributed by atoms with Crippen LogP contribution in [0.4, 0.5) is 17.1 Å². The number of nitrogens with zero attached hydrogens (tertiary/aromatic N) is 1. The number of hydrogen-bond donors (Lipinski definition) is 3. The lowest BCUT2D eigenvalue weighted by Crippen LogP contribution is -2.34. The van der Waals surface area contributed by atoms with Crippen molar-refractivity contribution in [1.29, 1.82) is 0 Å². The summed E-state index contributed by atoms with van der Waals surface area (Å²) in [5.41, 5.74) is 0.564. The van der Waals surface area contributed by atoms with E-state index < -0.39 is 10.8 Å². The molecule has 2 aromatic carbocycles. The van der Waals surface area contributed by atoms with Crippen LogP contribution in [0, 0.1) is 16.0 Å². The van der Waals surface area contributed by atoms with Crippen LogP contribution in [-0.2, 0) is 4.79 Å². The molecule has 0 bridgehead atoms. The molecule has 0 fully saturated rings. The number of nitro groups is 1. The number of nitro benzene ring substituents is 1. The third kappa shape index (κ3) is 5.72. The summed E-state index contributed by atoms with van der Waals surface area (Å²) in [6.45, 7) is 3.55. The first-order valence-electron chi connectivity index (χ1n) is 8.57. The lowest BCUT2D eigenvalue weighted by molar-refractivity contribution is -0.385. The van der Waals surface area contributed by atoms with Gasteiger partial charge in [0.05, 0.1) is 17.7 Å². The number of rotatable bonds is 6. The van der Waals surface area contributed by atoms with Crippen LogP contribution in [0.2, 0.25) is 0 Å². The zero-order chi connectivity index (χ0) is 21.6. The van der Waals surface area contributed by atoms with E-state index in [0.29, 0.717) is 17.1 Å². The van der Waals surface area contributed by atoms with Crippen molar-refractivity contribution >= 4 is 46.2 Å². The minimum atomic E-state index is -0.706. The topological polar surface area (TPSA) is 123 Å². The summed E-state index contributed by atoms with van der Waals surface area (Å²) in [6, 6.07) is 10.4. The summed E-state index contributed by atoms with van der Waals surface area (Å²) in [5, 5.41) is 19.0. The number of para-hydroxylation sites is 1. The van der Waals surface area contributed by atoms with Gasteiger partial charge in [-0.15, -0.1) is 0 Å². The van der Waals surface area contributed by atoms with Crippen LogP contribution in [0.15, 0.2) is 42.5 Å². The Kier molecular flexibility index (Phi) is 7.21. The fourth-order valence-corrected chi connectivity index (χ4v) is 2.52. The normalized spacial score (nSPS) is 10.2. The highest BCUT2D eigenvalue weighted by atomic mass is 32.1. The van der Waals surface area contributed by atoms with E-state index in [0.717, 1.165) is 0 Å². The minimum Gasteiger partial charge on any atom is -0.494 e. The number of carbonyl (C=O) groups excluding carboxylic acids is 2. The van der Waals surface area contributed by atoms with Gasteiger partial charge in [-0.05, 0) is 30.4 Å². The molecular weight excluding hydrogens is 396 g/mol. The van der Waals surface area contributed by atoms with E-state index in [2.05, 4.69) is 16.0 Å². The highest BCUT2D eigenvalue weighted by Gasteiger charge is 2.20. The fraction of sp³-hybridized carbons (Fsp3) is 0.211. The monoisotopic (exact) mass is 416 g/mol. The summed E-state index contributed by atoms with van der Waals surface area (Å²) in [5.74, 6) is -0.655. The SMILES string of the molecule is COc1cc(NC(=S)NC(=O)c2ccccc2[N+](=O)[O-])ccc1NC(=O)C(C)C. The van der Waals surface area contributed by atoms with Crippen LogP contribution in [0.25, 0.3) is 0 Å². The highest BCUT2D eigenvalue weighted by molar-refractivity contribution is 7.80. The molecule has 0 unspecified atom stereocenters. The first-order chi connectivity index (χ1) is 13.7. The molecule has 9 nitrogen and oxygen atoms in total. The highest BCUT2D eigenvalue weighted by Crippen LogP contribution is 2.28. The van der Waals surface area contributed by atoms with Gasteiger partial charge in [0, 0.05) is 23.7 Å². The predicted octanol–water partition coefficient (Wildman–Crippen LogP) is 3.32. The molecule has 2 amide bonds. The van der Waals surface area contributed by atoms with Crippen LogP contribution in [0.1, 0.15) is 24.2 Å². The van der Waals surface area contributed by atoms with Crippen molar-refractivity contribution in [3.05, 3.63) is 58.1 Å². The molecule has 0 saturated heterocycles. The van der Waals surface area contributed by atoms with Crippen LogP contribution >= 0.6 is 12.2 Å². The summed E-state index contributed by atoms with van der Waals surface area (Å²) in [6.07, 6.45) is 0. The Morgan fingerprint density at radius 3 is 2.45 bits per heavy atom. The molecule has 3 N–H and O–H groups in total. The zero-order valence-electron chi connectivity index (χ0n) is 16.0. The molecule has 0 aromatic heterocycles. The molecule has 0 aliphatic rings. The van der Waals surface area contributed by atoms with Crippen molar-refractivity contribution in [2.75, 3.05) is 17.7 Å². The number of thiocarbonyl (C=S) groups is 1. The number of methoxy groups -OCH3 is 1. The number of amides is 2. The lowest BCUT2D eigenvalue weighted by Gasteiger charge is -2.15. The number of anilines is 2. The molecule has 0 heterocycles. The van der Waals surface area contributed by atoms with Crippen LogP contribution in [0.5, 0.6) is 5.75 Å². The van der Waals surface area contributed by atoms with Gasteiger partial charge in [-0.2, -0.15) is 0 Å². The van der Waals surface area contributed by atoms with Crippen LogP contribution in [-0.4, -0.2) is 29.0 Å². The molecule has 2 rings (SSSR count). The molecule has 0 spiro atoms. The smallest absolute Gasteiger partial charge is 0.282 e. The minimum absolute atomic E-state index is 0.0471. The quantitative estimate of drug-likeness (QED) is 0.375. The standard InChI is InChI=1S/C19H20N4O5S/c1-11(2)17(24)21-14-9-8-12(10-16(14)28-3)20-19(29)22-18(25)13-6-4-5-7-15(13)23(26)27/h4-11H,1-3H3,(H,21,24)(H2,20,22,25,29). The largest absolute Gasteiger partial charge is 0.494 e. The van der Waals surface area contributed by atoms with Gasteiger partial charge in [-0.1, -0.05) is 26.0 Å². The van der Waals surface area contributed by atoms with E-state index in [1.807, 2.05) is 0 Å². The van der Waals surface area contributed by atoms with Gasteiger partial charge in [0.2, 0.25) is 5.91 Å². The van der Waals surface area contributed by atoms with E-state index in [1.54, 1.807) is 32.0 Å². The van der Waals surface area contributed by atoms with Crippen molar-refractivity contribution in [2.24, 2.45) is 5.92 Å². The number of hydrogen-bond acceptors (Lipinski definition) is 6. The van der Waals surface area contributed by atoms with Crippen molar-refractivity contribution in [3.8, 4) is 5.75 Å². The average Bonchev–Trinajstić information content (AvgIpc) is 2.68. The summed E-state index contributed by atoms with van der Waals surface area (Å²) >= 11 is 5.11. The Labute approximate surface area is 172 Å². The van der Waals surface area contributed by atoms with E-state index in [9.17, 15) is 19.7 Å². The van der Waals surface area contributed by atoms with Crippen molar-refractivity contribution in [2.45, 2.75) is 13.8 Å². The van der Waals surface area contributed by atoms with Gasteiger partial charge < -0.3 is 15.4 Å². The molecule has 0 aliphatic heterocycles. The van der Waals surface area contributed by atoms with Crippen molar-refractivity contribution < 1.29 is 19.2 Å². The Morgan fingerprint density at radius 2 is 1.83 bits per heavy atom. The van der Waals surface area contributed by atoms with Crippen molar-refractivity contribution in [3.63, 3.8) is 0 Å². The first kappa shape index (κ1) is 21.8. The number of nitrogens with one attached hydrogen (secondary N) is 3. The summed E-state index contributed by atoms with van der Waals surface area (Å²) < 4.78 is 5.28. The molecule has 29 heavy (non-hydrogen) atoms. The van der Waals surface area contributed by atoms with E-state index >= 15 is 0 Å². The number of ether oxygens (including phenoxy) is 1. The fourth-order valence-electron chi connectivity index (χ4n) is 2.31. The Hall–Kier alpha value is -3.53. The third-order valence-electron chi connectivity index (χ3n) is 3.81. The van der Waals surface area contributed by atoms with E-state index in [1.165, 1.54) is 31.4 Å². The summed E-state index contributed by atoms with van der Waals surface area (Å²) in [7, 11) is 1.46. The van der Waals surface area contributed by atoms with Crippen LogP contribution in [0.3, 0.4) is 0 Å². The molecule has 152 valence electrons. The third-order valence-corrected chi connectivity index (χ3v) is 4.02. The van der Waals surface area contributed by atoms with Gasteiger partial charge in [0.1, 0.15) is 11.3 Å². The second kappa shape index (κ2) is 9.60. The Bertz CT molecular complexity index is 961.